The van der Waals surface area contributed by atoms with Crippen LogP contribution in [0.15, 0.2) is 24.4 Å². The number of aryl methyl sites for hydroxylation is 1. The van der Waals surface area contributed by atoms with Crippen LogP contribution in [0.25, 0.3) is 10.6 Å². The molecule has 2 aromatic heterocycles. The van der Waals surface area contributed by atoms with Crippen LogP contribution in [-0.4, -0.2) is 39.8 Å². The number of rotatable bonds is 4. The lowest BCUT2D eigenvalue weighted by Gasteiger charge is -2.24. The summed E-state index contributed by atoms with van der Waals surface area (Å²) in [7, 11) is 1.75. The van der Waals surface area contributed by atoms with Gasteiger partial charge in [0.05, 0.1) is 11.8 Å². The van der Waals surface area contributed by atoms with Crippen LogP contribution in [0.5, 0.6) is 0 Å². The van der Waals surface area contributed by atoms with E-state index in [-0.39, 0.29) is 27.3 Å². The Labute approximate surface area is 196 Å². The average Bonchev–Trinajstić information content (AvgIpc) is 3.24. The van der Waals surface area contributed by atoms with Gasteiger partial charge in [-0.05, 0) is 37.5 Å². The van der Waals surface area contributed by atoms with Gasteiger partial charge in [-0.2, -0.15) is 18.3 Å². The number of nitrogens with one attached hydrogen (secondary N) is 1. The Morgan fingerprint density at radius 1 is 1.26 bits per heavy atom. The Hall–Kier alpha value is -3.19. The molecule has 0 radical (unpaired) electrons. The summed E-state index contributed by atoms with van der Waals surface area (Å²) >= 11 is 0.734. The number of amides is 1. The zero-order valence-corrected chi connectivity index (χ0v) is 19.0. The molecule has 0 spiro atoms. The summed E-state index contributed by atoms with van der Waals surface area (Å²) in [6.45, 7) is 1.44. The van der Waals surface area contributed by atoms with Crippen LogP contribution in [0, 0.1) is 5.82 Å². The van der Waals surface area contributed by atoms with Crippen LogP contribution < -0.4 is 21.7 Å². The smallest absolute Gasteiger partial charge is 0.389 e. The molecule has 0 bridgehead atoms. The third kappa shape index (κ3) is 4.85. The second-order valence-electron chi connectivity index (χ2n) is 8.06. The minimum Gasteiger partial charge on any atom is -0.389 e. The first-order chi connectivity index (χ1) is 16.0. The van der Waals surface area contributed by atoms with Gasteiger partial charge < -0.3 is 21.7 Å². The van der Waals surface area contributed by atoms with E-state index < -0.39 is 23.5 Å². The van der Waals surface area contributed by atoms with Crippen LogP contribution in [-0.2, 0) is 13.2 Å². The van der Waals surface area contributed by atoms with Crippen molar-refractivity contribution in [3.8, 4) is 10.6 Å². The molecule has 0 unspecified atom stereocenters. The summed E-state index contributed by atoms with van der Waals surface area (Å²) < 4.78 is 55.1. The van der Waals surface area contributed by atoms with Crippen molar-refractivity contribution in [3.63, 3.8) is 0 Å². The Morgan fingerprint density at radius 3 is 2.76 bits per heavy atom. The number of anilines is 3. The molecular weight excluding hydrogens is 474 g/mol. The van der Waals surface area contributed by atoms with Crippen molar-refractivity contribution in [1.82, 2.24) is 14.8 Å². The van der Waals surface area contributed by atoms with Crippen molar-refractivity contribution in [2.24, 2.45) is 12.8 Å². The second-order valence-corrected chi connectivity index (χ2v) is 9.09. The van der Waals surface area contributed by atoms with Gasteiger partial charge in [0.25, 0.3) is 5.91 Å². The average molecular weight is 498 g/mol. The van der Waals surface area contributed by atoms with Crippen LogP contribution in [0.1, 0.15) is 35.3 Å². The molecule has 8 nitrogen and oxygen atoms in total. The Kier molecular flexibility index (Phi) is 6.49. The molecule has 1 saturated heterocycles. The van der Waals surface area contributed by atoms with Crippen molar-refractivity contribution < 1.29 is 22.4 Å². The number of nitrogens with two attached hydrogens (primary N) is 2. The van der Waals surface area contributed by atoms with Crippen molar-refractivity contribution in [2.45, 2.75) is 31.5 Å². The molecule has 0 aliphatic carbocycles. The Balaban J connectivity index is 1.60. The number of nitrogen functional groups attached to an aromatic ring is 1. The lowest BCUT2D eigenvalue weighted by atomic mass is 10.1. The maximum atomic E-state index is 14.3. The molecule has 4 rings (SSSR count). The highest BCUT2D eigenvalue weighted by Gasteiger charge is 2.32. The maximum Gasteiger partial charge on any atom is 0.416 e. The van der Waals surface area contributed by atoms with Gasteiger partial charge in [0, 0.05) is 31.7 Å². The summed E-state index contributed by atoms with van der Waals surface area (Å²) in [5.41, 5.74) is 10.8. The van der Waals surface area contributed by atoms with Gasteiger partial charge >= 0.3 is 6.18 Å². The van der Waals surface area contributed by atoms with E-state index in [1.165, 1.54) is 6.20 Å². The minimum absolute atomic E-state index is 0.0458. The van der Waals surface area contributed by atoms with Crippen molar-refractivity contribution >= 4 is 33.8 Å². The normalized spacial score (nSPS) is 17.0. The number of alkyl halides is 3. The van der Waals surface area contributed by atoms with Gasteiger partial charge in [0.1, 0.15) is 21.5 Å². The van der Waals surface area contributed by atoms with Gasteiger partial charge in [-0.1, -0.05) is 11.3 Å². The van der Waals surface area contributed by atoms with Crippen molar-refractivity contribution in [2.75, 3.05) is 29.0 Å². The van der Waals surface area contributed by atoms with Crippen LogP contribution in [0.4, 0.5) is 34.1 Å². The molecule has 1 atom stereocenters. The number of hydrogen-bond donors (Lipinski definition) is 3. The minimum atomic E-state index is -4.65. The van der Waals surface area contributed by atoms with E-state index >= 15 is 0 Å². The molecular formula is C21H23F4N7OS. The van der Waals surface area contributed by atoms with Crippen LogP contribution in [0.2, 0.25) is 0 Å². The van der Waals surface area contributed by atoms with E-state index in [1.807, 2.05) is 0 Å². The molecule has 3 aromatic rings. The predicted octanol–water partition coefficient (Wildman–Crippen LogP) is 3.85. The number of nitrogens with zero attached hydrogens (tertiary/aromatic N) is 4. The van der Waals surface area contributed by atoms with Crippen LogP contribution in [0.3, 0.4) is 0 Å². The van der Waals surface area contributed by atoms with Gasteiger partial charge in [0.15, 0.2) is 11.5 Å². The van der Waals surface area contributed by atoms with Gasteiger partial charge in [-0.25, -0.2) is 9.37 Å². The van der Waals surface area contributed by atoms with Gasteiger partial charge in [-0.15, -0.1) is 0 Å². The standard InChI is InChI=1S/C21H23F4N7OS/c1-31-20(32-7-2-3-12(26)6-8-32)15(10-28-31)29-18(33)16-17(27)34-19(30-16)13-9-11(21(23,24)25)4-5-14(13)22/h4-5,9-10,12H,2-3,6-8,26-27H2,1H3,(H,29,33)/t12-/m1/s1. The number of aromatic nitrogens is 3. The Bertz CT molecular complexity index is 1210. The van der Waals surface area contributed by atoms with Gasteiger partial charge in [-0.3, -0.25) is 9.48 Å². The van der Waals surface area contributed by atoms with E-state index in [4.69, 9.17) is 11.5 Å². The fourth-order valence-electron chi connectivity index (χ4n) is 3.89. The summed E-state index contributed by atoms with van der Waals surface area (Å²) in [5.74, 6) is -0.879. The predicted molar refractivity (Wildman–Crippen MR) is 122 cm³/mol. The molecule has 0 saturated carbocycles. The highest BCUT2D eigenvalue weighted by molar-refractivity contribution is 7.19. The summed E-state index contributed by atoms with van der Waals surface area (Å²) in [6, 6.07) is 2.12. The molecule has 3 heterocycles. The molecule has 13 heteroatoms. The fourth-order valence-corrected chi connectivity index (χ4v) is 4.73. The van der Waals surface area contributed by atoms with Crippen molar-refractivity contribution in [3.05, 3.63) is 41.5 Å². The topological polar surface area (TPSA) is 115 Å². The van der Waals surface area contributed by atoms with Crippen molar-refractivity contribution in [1.29, 1.82) is 0 Å². The summed E-state index contributed by atoms with van der Waals surface area (Å²) in [5, 5.41) is 6.79. The fraction of sp³-hybridized carbons (Fsp3) is 0.381. The summed E-state index contributed by atoms with van der Waals surface area (Å²) in [4.78, 5) is 19.1. The largest absolute Gasteiger partial charge is 0.416 e. The third-order valence-corrected chi connectivity index (χ3v) is 6.54. The number of carbonyl (C=O) groups is 1. The van der Waals surface area contributed by atoms with E-state index in [0.717, 1.165) is 37.1 Å². The molecule has 34 heavy (non-hydrogen) atoms. The lowest BCUT2D eigenvalue weighted by molar-refractivity contribution is -0.137. The van der Waals surface area contributed by atoms with Gasteiger partial charge in [0.2, 0.25) is 0 Å². The zero-order chi connectivity index (χ0) is 24.6. The zero-order valence-electron chi connectivity index (χ0n) is 18.2. The molecule has 1 aromatic carbocycles. The SMILES string of the molecule is Cn1ncc(NC(=O)c2nc(-c3cc(C(F)(F)F)ccc3F)sc2N)c1N1CCC[C@@H](N)CC1. The molecule has 1 aliphatic heterocycles. The van der Waals surface area contributed by atoms with E-state index in [1.54, 1.807) is 11.7 Å². The number of carbonyl (C=O) groups excluding carboxylic acids is 1. The first kappa shape index (κ1) is 24.0. The summed E-state index contributed by atoms with van der Waals surface area (Å²) in [6.07, 6.45) is -0.568. The van der Waals surface area contributed by atoms with Crippen LogP contribution >= 0.6 is 11.3 Å². The highest BCUT2D eigenvalue weighted by atomic mass is 32.1. The first-order valence-corrected chi connectivity index (χ1v) is 11.3. The molecule has 1 aliphatic rings. The number of hydrogen-bond acceptors (Lipinski definition) is 7. The molecule has 182 valence electrons. The second kappa shape index (κ2) is 9.22. The molecule has 1 fully saturated rings. The van der Waals surface area contributed by atoms with E-state index in [0.29, 0.717) is 36.2 Å². The third-order valence-electron chi connectivity index (χ3n) is 5.62. The maximum absolute atomic E-state index is 14.3. The lowest BCUT2D eigenvalue weighted by Crippen LogP contribution is -2.29. The highest BCUT2D eigenvalue weighted by Crippen LogP contribution is 2.37. The number of benzene rings is 1. The molecule has 1 amide bonds. The number of halogens is 4. The Morgan fingerprint density at radius 2 is 2.03 bits per heavy atom. The molecule has 5 N–H and O–H groups in total. The van der Waals surface area contributed by atoms with E-state index in [2.05, 4.69) is 20.3 Å². The first-order valence-electron chi connectivity index (χ1n) is 10.5. The monoisotopic (exact) mass is 497 g/mol. The van der Waals surface area contributed by atoms with E-state index in [9.17, 15) is 22.4 Å². The number of thiazole rings is 1. The quantitative estimate of drug-likeness (QED) is 0.472.